The summed E-state index contributed by atoms with van der Waals surface area (Å²) >= 11 is 3.33. The zero-order chi connectivity index (χ0) is 26.6. The predicted octanol–water partition coefficient (Wildman–Crippen LogP) is 0.0975. The summed E-state index contributed by atoms with van der Waals surface area (Å²) in [6.45, 7) is -0.878. The zero-order valence-electron chi connectivity index (χ0n) is 18.7. The molecule has 194 valence electrons. The lowest BCUT2D eigenvalue weighted by Gasteiger charge is -2.53. The maximum absolute atomic E-state index is 12.9. The number of pyridine rings is 1. The second-order valence-corrected chi connectivity index (χ2v) is 10.6. The van der Waals surface area contributed by atoms with Crippen molar-refractivity contribution in [3.63, 3.8) is 0 Å². The third-order valence-electron chi connectivity index (χ3n) is 5.26. The summed E-state index contributed by atoms with van der Waals surface area (Å²) < 4.78 is 3.88. The van der Waals surface area contributed by atoms with Gasteiger partial charge in [-0.2, -0.15) is 9.36 Å². The lowest BCUT2D eigenvalue weighted by atomic mass is 9.87. The lowest BCUT2D eigenvalue weighted by molar-refractivity contribution is -0.156. The van der Waals surface area contributed by atoms with E-state index in [-0.39, 0.29) is 23.3 Å². The normalized spacial score (nSPS) is 23.3. The number of carbonyl (C=O) groups excluding carboxylic acids is 2. The molecule has 0 radical (unpaired) electrons. The van der Waals surface area contributed by atoms with E-state index in [9.17, 15) is 24.3 Å². The Morgan fingerprint density at radius 1 is 1.41 bits per heavy atom. The van der Waals surface area contributed by atoms with Gasteiger partial charge in [-0.1, -0.05) is 23.0 Å². The first-order valence-electron chi connectivity index (χ1n) is 10.4. The summed E-state index contributed by atoms with van der Waals surface area (Å²) in [7, 11) is 0. The first-order valence-corrected chi connectivity index (χ1v) is 13.1. The molecular weight excluding hydrogens is 546 g/mol. The van der Waals surface area contributed by atoms with Crippen molar-refractivity contribution in [3.8, 4) is 0 Å². The van der Waals surface area contributed by atoms with Gasteiger partial charge in [0.1, 0.15) is 16.8 Å². The predicted molar refractivity (Wildman–Crippen MR) is 134 cm³/mol. The van der Waals surface area contributed by atoms with E-state index in [0.717, 1.165) is 16.4 Å². The second kappa shape index (κ2) is 11.1. The van der Waals surface area contributed by atoms with Crippen LogP contribution in [0.1, 0.15) is 5.82 Å². The number of hydrogen-bond acceptors (Lipinski definition) is 13. The third-order valence-corrected chi connectivity index (χ3v) is 8.13. The highest BCUT2D eigenvalue weighted by Gasteiger charge is 2.57. The Hall–Kier alpha value is -3.70. The van der Waals surface area contributed by atoms with Gasteiger partial charge in [-0.3, -0.25) is 19.4 Å². The summed E-state index contributed by atoms with van der Waals surface area (Å²) in [4.78, 5) is 63.4. The molecule has 0 aromatic carbocycles. The second-order valence-electron chi connectivity index (χ2n) is 7.75. The zero-order valence-corrected chi connectivity index (χ0v) is 21.2. The molecule has 2 aliphatic rings. The number of aliphatic carboxylic acids is 2. The molecular formula is C20H19N7O7S3. The highest BCUT2D eigenvalue weighted by molar-refractivity contribution is 8.02. The number of nitrogen functional groups attached to an aromatic ring is 1. The first-order chi connectivity index (χ1) is 17.7. The van der Waals surface area contributed by atoms with Crippen LogP contribution in [0.3, 0.4) is 0 Å². The van der Waals surface area contributed by atoms with E-state index in [1.165, 1.54) is 28.4 Å². The fourth-order valence-corrected chi connectivity index (χ4v) is 6.15. The lowest BCUT2D eigenvalue weighted by Crippen LogP contribution is -2.73. The van der Waals surface area contributed by atoms with Crippen molar-refractivity contribution in [2.45, 2.75) is 16.3 Å². The molecule has 37 heavy (non-hydrogen) atoms. The number of carbonyl (C=O) groups is 4. The van der Waals surface area contributed by atoms with Crippen LogP contribution in [0.2, 0.25) is 0 Å². The highest BCUT2D eigenvalue weighted by Crippen LogP contribution is 2.43. The average molecular weight is 566 g/mol. The topological polar surface area (TPSA) is 210 Å². The number of fused-ring (bicyclic) bond motifs is 1. The van der Waals surface area contributed by atoms with Gasteiger partial charge >= 0.3 is 11.9 Å². The molecule has 2 saturated heterocycles. The minimum atomic E-state index is -1.31. The van der Waals surface area contributed by atoms with Crippen molar-refractivity contribution in [2.75, 3.05) is 24.6 Å². The Morgan fingerprint density at radius 2 is 2.22 bits per heavy atom. The van der Waals surface area contributed by atoms with E-state index in [2.05, 4.69) is 29.7 Å². The number of rotatable bonds is 10. The number of aromatic nitrogens is 3. The number of carboxylic acids is 2. The Morgan fingerprint density at radius 3 is 2.86 bits per heavy atom. The van der Waals surface area contributed by atoms with E-state index in [0.29, 0.717) is 0 Å². The molecule has 14 nitrogen and oxygen atoms in total. The summed E-state index contributed by atoms with van der Waals surface area (Å²) in [5.74, 6) is -3.75. The smallest absolute Gasteiger partial charge is 0.344 e. The molecule has 2 unspecified atom stereocenters. The number of thioether (sulfide) groups is 2. The number of nitrogens with two attached hydrogens (primary N) is 1. The van der Waals surface area contributed by atoms with Crippen LogP contribution in [-0.4, -0.2) is 89.2 Å². The van der Waals surface area contributed by atoms with Crippen molar-refractivity contribution in [3.05, 3.63) is 41.8 Å². The molecule has 2 aromatic heterocycles. The molecule has 2 aromatic rings. The van der Waals surface area contributed by atoms with Crippen molar-refractivity contribution < 1.29 is 34.2 Å². The third kappa shape index (κ3) is 5.83. The monoisotopic (exact) mass is 565 g/mol. The SMILES string of the molecule is Nc1nc(C(=NOCC(=O)O)C(=O)NC2C(=O)N3CC(C=CSc4cccnc4)(C(=O)O)CS[C@H]23)ns1. The quantitative estimate of drug-likeness (QED) is 0.130. The highest BCUT2D eigenvalue weighted by atomic mass is 32.2. The molecule has 0 saturated carbocycles. The molecule has 0 bridgehead atoms. The largest absolute Gasteiger partial charge is 0.481 e. The van der Waals surface area contributed by atoms with Gasteiger partial charge < -0.3 is 31.0 Å². The fraction of sp³-hybridized carbons (Fsp3) is 0.300. The van der Waals surface area contributed by atoms with Crippen LogP contribution in [0.5, 0.6) is 0 Å². The van der Waals surface area contributed by atoms with Crippen molar-refractivity contribution in [1.82, 2.24) is 24.6 Å². The number of hydrogen-bond donors (Lipinski definition) is 4. The summed E-state index contributed by atoms with van der Waals surface area (Å²) in [5.41, 5.74) is 3.81. The van der Waals surface area contributed by atoms with Gasteiger partial charge in [-0.05, 0) is 17.5 Å². The molecule has 17 heteroatoms. The van der Waals surface area contributed by atoms with Gasteiger partial charge in [-0.25, -0.2) is 4.79 Å². The molecule has 0 aliphatic carbocycles. The Bertz CT molecular complexity index is 1270. The summed E-state index contributed by atoms with van der Waals surface area (Å²) in [6.07, 6.45) is 4.86. The number of oxime groups is 1. The van der Waals surface area contributed by atoms with Gasteiger partial charge in [0.05, 0.1) is 0 Å². The molecule has 5 N–H and O–H groups in total. The van der Waals surface area contributed by atoms with E-state index in [1.54, 1.807) is 29.9 Å². The van der Waals surface area contributed by atoms with Crippen LogP contribution in [-0.2, 0) is 24.0 Å². The van der Waals surface area contributed by atoms with Crippen LogP contribution in [0.25, 0.3) is 0 Å². The Labute approximate surface area is 221 Å². The van der Waals surface area contributed by atoms with Crippen molar-refractivity contribution in [2.24, 2.45) is 10.6 Å². The molecule has 2 aliphatic heterocycles. The molecule has 2 amide bonds. The minimum absolute atomic E-state index is 0.0437. The number of β-lactam (4-membered cyclic amide) rings is 1. The number of nitrogens with one attached hydrogen (secondary N) is 1. The van der Waals surface area contributed by atoms with Crippen LogP contribution in [0.4, 0.5) is 5.13 Å². The minimum Gasteiger partial charge on any atom is -0.481 e. The maximum Gasteiger partial charge on any atom is 0.344 e. The van der Waals surface area contributed by atoms with Crippen LogP contribution in [0, 0.1) is 5.41 Å². The van der Waals surface area contributed by atoms with E-state index in [4.69, 9.17) is 10.8 Å². The average Bonchev–Trinajstić information content (AvgIpc) is 3.31. The van der Waals surface area contributed by atoms with Gasteiger partial charge in [0.25, 0.3) is 5.91 Å². The molecule has 4 rings (SSSR count). The molecule has 4 heterocycles. The van der Waals surface area contributed by atoms with Gasteiger partial charge in [0.2, 0.25) is 24.1 Å². The number of nitrogens with zero attached hydrogens (tertiary/aromatic N) is 5. The molecule has 3 atom stereocenters. The molecule has 2 fully saturated rings. The van der Waals surface area contributed by atoms with Crippen LogP contribution < -0.4 is 11.1 Å². The standard InChI is InChI=1S/C20H19N7O7S3/c21-19-24-14(26-37-19)12(25-34-7-11(28)29)15(30)23-13-16(31)27-8-20(18(32)33,9-36-17(13)27)3-5-35-10-2-1-4-22-6-10/h1-6,13,17H,7-9H2,(H,23,30)(H,28,29)(H,32,33)(H2,21,24,26)/t13?,17-,20?/m1/s1. The summed E-state index contributed by atoms with van der Waals surface area (Å²) in [5, 5.41) is 25.9. The van der Waals surface area contributed by atoms with E-state index in [1.807, 2.05) is 6.07 Å². The summed E-state index contributed by atoms with van der Waals surface area (Å²) in [6, 6.07) is 2.65. The van der Waals surface area contributed by atoms with E-state index < -0.39 is 52.9 Å². The number of amides is 2. The Balaban J connectivity index is 1.43. The van der Waals surface area contributed by atoms with Crippen molar-refractivity contribution >= 4 is 69.7 Å². The first kappa shape index (κ1) is 26.4. The van der Waals surface area contributed by atoms with Gasteiger partial charge in [-0.15, -0.1) is 11.8 Å². The van der Waals surface area contributed by atoms with Gasteiger partial charge in [0, 0.05) is 41.1 Å². The van der Waals surface area contributed by atoms with E-state index >= 15 is 0 Å². The van der Waals surface area contributed by atoms with Crippen LogP contribution in [0.15, 0.2) is 46.1 Å². The number of carboxylic acid groups (broad SMARTS) is 2. The maximum atomic E-state index is 12.9. The van der Waals surface area contributed by atoms with Crippen molar-refractivity contribution in [1.29, 1.82) is 0 Å². The molecule has 0 spiro atoms. The Kier molecular flexibility index (Phi) is 7.94. The van der Waals surface area contributed by atoms with Gasteiger partial charge in [0.15, 0.2) is 5.13 Å². The van der Waals surface area contributed by atoms with Crippen LogP contribution >= 0.6 is 35.1 Å². The fourth-order valence-electron chi connectivity index (χ4n) is 3.43. The number of anilines is 1.